The Morgan fingerprint density at radius 1 is 1.00 bits per heavy atom. The van der Waals surface area contributed by atoms with Gasteiger partial charge in [-0.1, -0.05) is 48.5 Å². The van der Waals surface area contributed by atoms with Gasteiger partial charge < -0.3 is 10.1 Å². The third-order valence-corrected chi connectivity index (χ3v) is 6.39. The number of H-pyrrole nitrogens is 1. The third-order valence-electron chi connectivity index (χ3n) is 5.32. The van der Waals surface area contributed by atoms with Crippen molar-refractivity contribution in [2.45, 2.75) is 13.0 Å². The van der Waals surface area contributed by atoms with E-state index in [0.717, 1.165) is 10.2 Å². The van der Waals surface area contributed by atoms with Gasteiger partial charge in [-0.15, -0.1) is 11.3 Å². The molecule has 0 spiro atoms. The van der Waals surface area contributed by atoms with Crippen LogP contribution in [0.25, 0.3) is 26.5 Å². The quantitative estimate of drug-likeness (QED) is 0.342. The van der Waals surface area contributed by atoms with E-state index in [0.29, 0.717) is 21.8 Å². The van der Waals surface area contributed by atoms with Gasteiger partial charge in [-0.05, 0) is 37.3 Å². The molecule has 0 bridgehead atoms. The van der Waals surface area contributed by atoms with E-state index in [1.54, 1.807) is 42.5 Å². The van der Waals surface area contributed by atoms with Gasteiger partial charge in [0.2, 0.25) is 0 Å². The number of aromatic amines is 1. The number of ether oxygens (including phenoxy) is 1. The molecule has 35 heavy (non-hydrogen) atoms. The van der Waals surface area contributed by atoms with Gasteiger partial charge in [0.25, 0.3) is 11.5 Å². The number of hydrogen-bond acceptors (Lipinski definition) is 6. The van der Waals surface area contributed by atoms with E-state index in [1.165, 1.54) is 29.0 Å². The van der Waals surface area contributed by atoms with Crippen molar-refractivity contribution < 1.29 is 14.3 Å². The Hall–Kier alpha value is -4.50. The Labute approximate surface area is 203 Å². The number of nitrogens with zero attached hydrogens (tertiary/aromatic N) is 2. The highest BCUT2D eigenvalue weighted by atomic mass is 32.1. The molecule has 1 amide bonds. The van der Waals surface area contributed by atoms with Crippen molar-refractivity contribution in [1.82, 2.24) is 14.8 Å². The molecular weight excluding hydrogens is 464 g/mol. The standard InChI is InChI=1S/C26H20N4O4S/c1-16(24(32)28-22-15-23(31)30(29-22)17-9-3-2-4-10-17)34-26(33)19-12-6-5-11-18(19)25-27-20-13-7-8-14-21(20)35-25/h2-16,29H,1H3,(H,28,32). The number of para-hydroxylation sites is 2. The number of thiazole rings is 1. The van der Waals surface area contributed by atoms with Gasteiger partial charge in [0.1, 0.15) is 10.8 Å². The van der Waals surface area contributed by atoms with Crippen molar-refractivity contribution in [3.8, 4) is 16.3 Å². The fraction of sp³-hybridized carbons (Fsp3) is 0.0769. The van der Waals surface area contributed by atoms with Crippen molar-refractivity contribution in [3.63, 3.8) is 0 Å². The van der Waals surface area contributed by atoms with Crippen LogP contribution in [0, 0.1) is 0 Å². The number of aromatic nitrogens is 3. The zero-order chi connectivity index (χ0) is 24.4. The first-order chi connectivity index (χ1) is 17.0. The molecule has 5 rings (SSSR count). The molecule has 0 aliphatic rings. The summed E-state index contributed by atoms with van der Waals surface area (Å²) in [5, 5.41) is 6.12. The maximum Gasteiger partial charge on any atom is 0.339 e. The van der Waals surface area contributed by atoms with Crippen LogP contribution in [0.3, 0.4) is 0 Å². The highest BCUT2D eigenvalue weighted by Crippen LogP contribution is 2.32. The van der Waals surface area contributed by atoms with Crippen molar-refractivity contribution in [2.24, 2.45) is 0 Å². The predicted octanol–water partition coefficient (Wildman–Crippen LogP) is 4.63. The van der Waals surface area contributed by atoms with E-state index in [2.05, 4.69) is 15.4 Å². The number of carbonyl (C=O) groups excluding carboxylic acids is 2. The first kappa shape index (κ1) is 22.3. The molecule has 0 aliphatic carbocycles. The van der Waals surface area contributed by atoms with Crippen molar-refractivity contribution >= 4 is 39.2 Å². The summed E-state index contributed by atoms with van der Waals surface area (Å²) in [6, 6.07) is 25.0. The lowest BCUT2D eigenvalue weighted by molar-refractivity contribution is -0.123. The average molecular weight is 485 g/mol. The van der Waals surface area contributed by atoms with Gasteiger partial charge in [0, 0.05) is 11.6 Å². The Balaban J connectivity index is 1.31. The molecule has 2 N–H and O–H groups in total. The number of rotatable bonds is 6. The Kier molecular flexibility index (Phi) is 5.99. The number of amides is 1. The minimum absolute atomic E-state index is 0.196. The smallest absolute Gasteiger partial charge is 0.339 e. The number of anilines is 1. The van der Waals surface area contributed by atoms with Gasteiger partial charge in [0.15, 0.2) is 6.10 Å². The molecule has 0 saturated carbocycles. The summed E-state index contributed by atoms with van der Waals surface area (Å²) in [5.74, 6) is -1.02. The van der Waals surface area contributed by atoms with Crippen LogP contribution < -0.4 is 10.9 Å². The van der Waals surface area contributed by atoms with E-state index >= 15 is 0 Å². The lowest BCUT2D eigenvalue weighted by atomic mass is 10.1. The van der Waals surface area contributed by atoms with E-state index in [9.17, 15) is 14.4 Å². The highest BCUT2D eigenvalue weighted by Gasteiger charge is 2.23. The van der Waals surface area contributed by atoms with Crippen molar-refractivity contribution in [2.75, 3.05) is 5.32 Å². The van der Waals surface area contributed by atoms with Crippen LogP contribution in [0.4, 0.5) is 5.82 Å². The zero-order valence-electron chi connectivity index (χ0n) is 18.6. The summed E-state index contributed by atoms with van der Waals surface area (Å²) in [7, 11) is 0. The summed E-state index contributed by atoms with van der Waals surface area (Å²) in [6.07, 6.45) is -1.10. The zero-order valence-corrected chi connectivity index (χ0v) is 19.4. The van der Waals surface area contributed by atoms with E-state index in [-0.39, 0.29) is 11.4 Å². The van der Waals surface area contributed by atoms with E-state index in [4.69, 9.17) is 4.74 Å². The first-order valence-corrected chi connectivity index (χ1v) is 11.7. The fourth-order valence-electron chi connectivity index (χ4n) is 3.58. The second-order valence-electron chi connectivity index (χ2n) is 7.75. The number of hydrogen-bond donors (Lipinski definition) is 2. The number of fused-ring (bicyclic) bond motifs is 1. The third kappa shape index (κ3) is 4.62. The van der Waals surface area contributed by atoms with Gasteiger partial charge in [-0.2, -0.15) is 0 Å². The predicted molar refractivity (Wildman–Crippen MR) is 135 cm³/mol. The number of nitrogens with one attached hydrogen (secondary N) is 2. The molecule has 2 heterocycles. The molecular formula is C26H20N4O4S. The first-order valence-electron chi connectivity index (χ1n) is 10.8. The maximum atomic E-state index is 13.0. The molecule has 0 aliphatic heterocycles. The summed E-state index contributed by atoms with van der Waals surface area (Å²) >= 11 is 1.48. The minimum Gasteiger partial charge on any atom is -0.449 e. The van der Waals surface area contributed by atoms with Crippen LogP contribution in [-0.4, -0.2) is 32.7 Å². The molecule has 0 fully saturated rings. The largest absolute Gasteiger partial charge is 0.449 e. The Bertz CT molecular complexity index is 1550. The second kappa shape index (κ2) is 9.40. The molecule has 2 aromatic heterocycles. The van der Waals surface area contributed by atoms with Crippen LogP contribution in [0.2, 0.25) is 0 Å². The SMILES string of the molecule is CC(OC(=O)c1ccccc1-c1nc2ccccc2s1)C(=O)Nc1cc(=O)n(-c2ccccc2)[nH]1. The molecule has 1 atom stereocenters. The van der Waals surface area contributed by atoms with Crippen LogP contribution in [0.5, 0.6) is 0 Å². The number of carbonyl (C=O) groups is 2. The molecule has 0 radical (unpaired) electrons. The molecule has 0 saturated heterocycles. The van der Waals surface area contributed by atoms with Crippen molar-refractivity contribution in [3.05, 3.63) is 101 Å². The van der Waals surface area contributed by atoms with Crippen molar-refractivity contribution in [1.29, 1.82) is 0 Å². The maximum absolute atomic E-state index is 13.0. The normalized spacial score (nSPS) is 11.8. The van der Waals surface area contributed by atoms with Gasteiger partial charge >= 0.3 is 5.97 Å². The summed E-state index contributed by atoms with van der Waals surface area (Å²) in [4.78, 5) is 42.6. The lowest BCUT2D eigenvalue weighted by Crippen LogP contribution is -2.30. The molecule has 3 aromatic carbocycles. The summed E-state index contributed by atoms with van der Waals surface area (Å²) < 4.78 is 7.77. The van der Waals surface area contributed by atoms with E-state index in [1.807, 2.05) is 36.4 Å². The molecule has 5 aromatic rings. The topological polar surface area (TPSA) is 106 Å². The van der Waals surface area contributed by atoms with Crippen LogP contribution >= 0.6 is 11.3 Å². The highest BCUT2D eigenvalue weighted by molar-refractivity contribution is 7.21. The average Bonchev–Trinajstić information content (AvgIpc) is 3.47. The lowest BCUT2D eigenvalue weighted by Gasteiger charge is -2.14. The minimum atomic E-state index is -1.10. The molecule has 9 heteroatoms. The van der Waals surface area contributed by atoms with Gasteiger partial charge in [-0.3, -0.25) is 14.7 Å². The van der Waals surface area contributed by atoms with Gasteiger partial charge in [0.05, 0.1) is 21.5 Å². The van der Waals surface area contributed by atoms with Crippen LogP contribution in [0.1, 0.15) is 17.3 Å². The number of benzene rings is 3. The monoisotopic (exact) mass is 484 g/mol. The summed E-state index contributed by atoms with van der Waals surface area (Å²) in [6.45, 7) is 1.47. The molecule has 1 unspecified atom stereocenters. The fourth-order valence-corrected chi connectivity index (χ4v) is 4.58. The molecule has 174 valence electrons. The second-order valence-corrected chi connectivity index (χ2v) is 8.78. The number of esters is 1. The Morgan fingerprint density at radius 3 is 2.51 bits per heavy atom. The van der Waals surface area contributed by atoms with Crippen LogP contribution in [-0.2, 0) is 9.53 Å². The van der Waals surface area contributed by atoms with Crippen LogP contribution in [0.15, 0.2) is 89.7 Å². The van der Waals surface area contributed by atoms with E-state index < -0.39 is 18.0 Å². The summed E-state index contributed by atoms with van der Waals surface area (Å²) in [5.41, 5.74) is 2.09. The van der Waals surface area contributed by atoms with Gasteiger partial charge in [-0.25, -0.2) is 14.5 Å². The molecule has 8 nitrogen and oxygen atoms in total. The Morgan fingerprint density at radius 2 is 1.71 bits per heavy atom.